The minimum Gasteiger partial charge on any atom is -0.392 e. The maximum atomic E-state index is 9.29. The summed E-state index contributed by atoms with van der Waals surface area (Å²) in [7, 11) is 0. The van der Waals surface area contributed by atoms with E-state index in [0.717, 1.165) is 25.4 Å². The molecule has 1 saturated carbocycles. The van der Waals surface area contributed by atoms with Crippen LogP contribution in [0, 0.1) is 5.92 Å². The molecule has 0 heterocycles. The van der Waals surface area contributed by atoms with E-state index in [1.807, 2.05) is 6.92 Å². The van der Waals surface area contributed by atoms with Gasteiger partial charge in [0.2, 0.25) is 0 Å². The van der Waals surface area contributed by atoms with Gasteiger partial charge in [-0.25, -0.2) is 0 Å². The van der Waals surface area contributed by atoms with E-state index in [-0.39, 0.29) is 6.10 Å². The van der Waals surface area contributed by atoms with E-state index in [0.29, 0.717) is 0 Å². The Kier molecular flexibility index (Phi) is 5.40. The van der Waals surface area contributed by atoms with Gasteiger partial charge in [-0.3, -0.25) is 0 Å². The number of aliphatic hydroxyl groups is 1. The maximum Gasteiger partial charge on any atom is 0.0662 e. The smallest absolute Gasteiger partial charge is 0.0662 e. The molecule has 1 fully saturated rings. The Morgan fingerprint density at radius 3 is 2.69 bits per heavy atom. The summed E-state index contributed by atoms with van der Waals surface area (Å²) in [6, 6.07) is 0. The van der Waals surface area contributed by atoms with E-state index < -0.39 is 0 Å². The molecule has 78 valence electrons. The highest BCUT2D eigenvalue weighted by Crippen LogP contribution is 2.26. The standard InChI is InChI=1S/C11H23NO/c1-2-11(13)9-12-8-7-10-5-3-4-6-10/h10-13H,2-9H2,1H3. The summed E-state index contributed by atoms with van der Waals surface area (Å²) in [6.45, 7) is 3.87. The molecule has 0 aliphatic heterocycles. The topological polar surface area (TPSA) is 32.3 Å². The second-order valence-electron chi connectivity index (χ2n) is 4.21. The summed E-state index contributed by atoms with van der Waals surface area (Å²) in [5, 5.41) is 12.6. The van der Waals surface area contributed by atoms with Gasteiger partial charge in [0.05, 0.1) is 6.10 Å². The number of aliphatic hydroxyl groups excluding tert-OH is 1. The molecule has 0 amide bonds. The van der Waals surface area contributed by atoms with Gasteiger partial charge in [-0.1, -0.05) is 32.6 Å². The molecular weight excluding hydrogens is 162 g/mol. The van der Waals surface area contributed by atoms with Crippen LogP contribution in [-0.2, 0) is 0 Å². The van der Waals surface area contributed by atoms with Gasteiger partial charge < -0.3 is 10.4 Å². The molecule has 1 unspecified atom stereocenters. The third-order valence-electron chi connectivity index (χ3n) is 3.06. The van der Waals surface area contributed by atoms with Crippen molar-refractivity contribution < 1.29 is 5.11 Å². The lowest BCUT2D eigenvalue weighted by Crippen LogP contribution is -2.27. The van der Waals surface area contributed by atoms with Gasteiger partial charge in [0.1, 0.15) is 0 Å². The first-order valence-corrected chi connectivity index (χ1v) is 5.71. The van der Waals surface area contributed by atoms with Crippen LogP contribution in [0.3, 0.4) is 0 Å². The maximum absolute atomic E-state index is 9.29. The third-order valence-corrected chi connectivity index (χ3v) is 3.06. The fourth-order valence-corrected chi connectivity index (χ4v) is 2.02. The van der Waals surface area contributed by atoms with Gasteiger partial charge in [0.25, 0.3) is 0 Å². The van der Waals surface area contributed by atoms with E-state index in [4.69, 9.17) is 0 Å². The van der Waals surface area contributed by atoms with E-state index >= 15 is 0 Å². The summed E-state index contributed by atoms with van der Waals surface area (Å²) in [5.74, 6) is 0.964. The van der Waals surface area contributed by atoms with Crippen molar-refractivity contribution in [3.05, 3.63) is 0 Å². The highest BCUT2D eigenvalue weighted by molar-refractivity contribution is 4.68. The van der Waals surface area contributed by atoms with Crippen LogP contribution < -0.4 is 5.32 Å². The van der Waals surface area contributed by atoms with Gasteiger partial charge in [0.15, 0.2) is 0 Å². The van der Waals surface area contributed by atoms with Crippen molar-refractivity contribution in [3.63, 3.8) is 0 Å². The van der Waals surface area contributed by atoms with Crippen molar-refractivity contribution in [1.82, 2.24) is 5.32 Å². The zero-order valence-electron chi connectivity index (χ0n) is 8.76. The third kappa shape index (κ3) is 4.63. The Morgan fingerprint density at radius 2 is 2.08 bits per heavy atom. The van der Waals surface area contributed by atoms with Crippen molar-refractivity contribution >= 4 is 0 Å². The number of nitrogens with one attached hydrogen (secondary N) is 1. The molecular formula is C11H23NO. The predicted molar refractivity (Wildman–Crippen MR) is 55.7 cm³/mol. The van der Waals surface area contributed by atoms with E-state index in [9.17, 15) is 5.11 Å². The molecule has 2 heteroatoms. The Hall–Kier alpha value is -0.0800. The van der Waals surface area contributed by atoms with Gasteiger partial charge in [-0.05, 0) is 25.3 Å². The van der Waals surface area contributed by atoms with Gasteiger partial charge in [0, 0.05) is 6.54 Å². The Labute approximate surface area is 81.7 Å². The van der Waals surface area contributed by atoms with Gasteiger partial charge >= 0.3 is 0 Å². The summed E-state index contributed by atoms with van der Waals surface area (Å²) in [6.07, 6.45) is 7.73. The Balaban J connectivity index is 1.88. The Morgan fingerprint density at radius 1 is 1.38 bits per heavy atom. The number of hydrogen-bond acceptors (Lipinski definition) is 2. The molecule has 2 nitrogen and oxygen atoms in total. The number of hydrogen-bond donors (Lipinski definition) is 2. The van der Waals surface area contributed by atoms with Crippen LogP contribution in [0.15, 0.2) is 0 Å². The Bertz CT molecular complexity index is 121. The van der Waals surface area contributed by atoms with Crippen LogP contribution in [0.25, 0.3) is 0 Å². The molecule has 1 atom stereocenters. The predicted octanol–water partition coefficient (Wildman–Crippen LogP) is 1.93. The highest BCUT2D eigenvalue weighted by atomic mass is 16.3. The van der Waals surface area contributed by atoms with Crippen LogP contribution in [0.1, 0.15) is 45.4 Å². The van der Waals surface area contributed by atoms with Crippen LogP contribution >= 0.6 is 0 Å². The first-order valence-electron chi connectivity index (χ1n) is 5.71. The van der Waals surface area contributed by atoms with Crippen molar-refractivity contribution in [2.45, 2.75) is 51.6 Å². The first kappa shape index (κ1) is 11.0. The van der Waals surface area contributed by atoms with Crippen LogP contribution in [-0.4, -0.2) is 24.3 Å². The first-order chi connectivity index (χ1) is 6.33. The van der Waals surface area contributed by atoms with Crippen LogP contribution in [0.2, 0.25) is 0 Å². The fraction of sp³-hybridized carbons (Fsp3) is 1.00. The van der Waals surface area contributed by atoms with E-state index in [2.05, 4.69) is 5.32 Å². The van der Waals surface area contributed by atoms with E-state index in [1.54, 1.807) is 0 Å². The molecule has 2 N–H and O–H groups in total. The van der Waals surface area contributed by atoms with Crippen molar-refractivity contribution in [2.75, 3.05) is 13.1 Å². The minimum absolute atomic E-state index is 0.149. The second kappa shape index (κ2) is 6.39. The summed E-state index contributed by atoms with van der Waals surface area (Å²) in [5.41, 5.74) is 0. The molecule has 0 aromatic rings. The summed E-state index contributed by atoms with van der Waals surface area (Å²) in [4.78, 5) is 0. The fourth-order valence-electron chi connectivity index (χ4n) is 2.02. The minimum atomic E-state index is -0.149. The van der Waals surface area contributed by atoms with Gasteiger partial charge in [-0.15, -0.1) is 0 Å². The molecule has 0 aromatic carbocycles. The van der Waals surface area contributed by atoms with Gasteiger partial charge in [-0.2, -0.15) is 0 Å². The largest absolute Gasteiger partial charge is 0.392 e. The molecule has 0 bridgehead atoms. The molecule has 0 saturated heterocycles. The highest BCUT2D eigenvalue weighted by Gasteiger charge is 2.13. The quantitative estimate of drug-likeness (QED) is 0.620. The molecule has 0 aromatic heterocycles. The van der Waals surface area contributed by atoms with E-state index in [1.165, 1.54) is 32.1 Å². The van der Waals surface area contributed by atoms with Crippen LogP contribution in [0.5, 0.6) is 0 Å². The molecule has 1 aliphatic rings. The zero-order valence-corrected chi connectivity index (χ0v) is 8.76. The van der Waals surface area contributed by atoms with Crippen molar-refractivity contribution in [3.8, 4) is 0 Å². The van der Waals surface area contributed by atoms with Crippen LogP contribution in [0.4, 0.5) is 0 Å². The summed E-state index contributed by atoms with van der Waals surface area (Å²) >= 11 is 0. The molecule has 0 spiro atoms. The molecule has 0 radical (unpaired) electrons. The normalized spacial score (nSPS) is 20.8. The van der Waals surface area contributed by atoms with Crippen molar-refractivity contribution in [1.29, 1.82) is 0 Å². The molecule has 1 rings (SSSR count). The monoisotopic (exact) mass is 185 g/mol. The zero-order chi connectivity index (χ0) is 9.52. The molecule has 1 aliphatic carbocycles. The summed E-state index contributed by atoms with van der Waals surface area (Å²) < 4.78 is 0. The van der Waals surface area contributed by atoms with Crippen molar-refractivity contribution in [2.24, 2.45) is 5.92 Å². The SMILES string of the molecule is CCC(O)CNCCC1CCCC1. The lowest BCUT2D eigenvalue weighted by Gasteiger charge is -2.11. The average molecular weight is 185 g/mol. The molecule has 13 heavy (non-hydrogen) atoms. The number of rotatable bonds is 6. The lowest BCUT2D eigenvalue weighted by atomic mass is 10.0. The lowest BCUT2D eigenvalue weighted by molar-refractivity contribution is 0.167. The second-order valence-corrected chi connectivity index (χ2v) is 4.21. The average Bonchev–Trinajstić information content (AvgIpc) is 2.64.